The fourth-order valence-corrected chi connectivity index (χ4v) is 3.91. The molecule has 2 aromatic carbocycles. The molecule has 0 aliphatic carbocycles. The van der Waals surface area contributed by atoms with E-state index >= 15 is 0 Å². The maximum Gasteiger partial charge on any atom is 0.325 e. The summed E-state index contributed by atoms with van der Waals surface area (Å²) in [6.07, 6.45) is 0.512. The first-order chi connectivity index (χ1) is 11.6. The Bertz CT molecular complexity index is 766. The molecular weight excluding hydrogens is 329 g/mol. The summed E-state index contributed by atoms with van der Waals surface area (Å²) in [5.41, 5.74) is 1.56. The summed E-state index contributed by atoms with van der Waals surface area (Å²) in [6, 6.07) is 13.8. The summed E-state index contributed by atoms with van der Waals surface area (Å²) in [6.45, 7) is -0.181. The SMILES string of the molecule is COC(=O)CN1C(=O)C(Cc2ccccc2)Sc2cc(F)ccc21. The van der Waals surface area contributed by atoms with E-state index < -0.39 is 11.2 Å². The molecule has 1 aliphatic rings. The first-order valence-electron chi connectivity index (χ1n) is 7.47. The molecule has 0 saturated heterocycles. The topological polar surface area (TPSA) is 46.6 Å². The third-order valence-electron chi connectivity index (χ3n) is 3.80. The predicted molar refractivity (Wildman–Crippen MR) is 90.6 cm³/mol. The molecular formula is C18H16FNO3S. The van der Waals surface area contributed by atoms with E-state index in [0.29, 0.717) is 17.0 Å². The van der Waals surface area contributed by atoms with Gasteiger partial charge in [-0.25, -0.2) is 4.39 Å². The summed E-state index contributed by atoms with van der Waals surface area (Å²) in [5.74, 6) is -1.05. The minimum atomic E-state index is -0.510. The zero-order valence-corrected chi connectivity index (χ0v) is 13.9. The number of anilines is 1. The van der Waals surface area contributed by atoms with Gasteiger partial charge < -0.3 is 4.74 Å². The van der Waals surface area contributed by atoms with E-state index in [2.05, 4.69) is 4.74 Å². The maximum absolute atomic E-state index is 13.6. The molecule has 24 heavy (non-hydrogen) atoms. The number of carbonyl (C=O) groups excluding carboxylic acids is 2. The number of carbonyl (C=O) groups is 2. The van der Waals surface area contributed by atoms with Gasteiger partial charge in [0.25, 0.3) is 0 Å². The average Bonchev–Trinajstić information content (AvgIpc) is 2.59. The number of hydrogen-bond acceptors (Lipinski definition) is 4. The van der Waals surface area contributed by atoms with Crippen LogP contribution in [0.3, 0.4) is 0 Å². The summed E-state index contributed by atoms with van der Waals surface area (Å²) in [7, 11) is 1.28. The van der Waals surface area contributed by atoms with Gasteiger partial charge in [0, 0.05) is 4.90 Å². The van der Waals surface area contributed by atoms with Gasteiger partial charge in [0.2, 0.25) is 5.91 Å². The fourth-order valence-electron chi connectivity index (χ4n) is 2.62. The number of fused-ring (bicyclic) bond motifs is 1. The van der Waals surface area contributed by atoms with Crippen molar-refractivity contribution in [1.29, 1.82) is 0 Å². The molecule has 0 N–H and O–H groups in total. The number of hydrogen-bond donors (Lipinski definition) is 0. The lowest BCUT2D eigenvalue weighted by Crippen LogP contribution is -2.44. The summed E-state index contributed by atoms with van der Waals surface area (Å²) in [5, 5.41) is -0.411. The third-order valence-corrected chi connectivity index (χ3v) is 5.04. The van der Waals surface area contributed by atoms with Gasteiger partial charge in [-0.3, -0.25) is 14.5 Å². The van der Waals surface area contributed by atoms with E-state index in [0.717, 1.165) is 5.56 Å². The molecule has 0 radical (unpaired) electrons. The van der Waals surface area contributed by atoms with Crippen molar-refractivity contribution in [2.24, 2.45) is 0 Å². The van der Waals surface area contributed by atoms with Gasteiger partial charge in [-0.2, -0.15) is 0 Å². The van der Waals surface area contributed by atoms with E-state index in [1.165, 1.54) is 42.0 Å². The second kappa shape index (κ2) is 7.05. The lowest BCUT2D eigenvalue weighted by Gasteiger charge is -2.33. The molecule has 0 saturated carbocycles. The molecule has 2 aromatic rings. The zero-order valence-electron chi connectivity index (χ0n) is 13.1. The number of esters is 1. The summed E-state index contributed by atoms with van der Waals surface area (Å²) < 4.78 is 18.3. The molecule has 0 fully saturated rings. The number of nitrogens with zero attached hydrogens (tertiary/aromatic N) is 1. The fraction of sp³-hybridized carbons (Fsp3) is 0.222. The van der Waals surface area contributed by atoms with Crippen LogP contribution in [0, 0.1) is 5.82 Å². The molecule has 1 amide bonds. The first-order valence-corrected chi connectivity index (χ1v) is 8.35. The van der Waals surface area contributed by atoms with Crippen LogP contribution in [0.1, 0.15) is 5.56 Å². The van der Waals surface area contributed by atoms with Crippen LogP contribution < -0.4 is 4.90 Å². The Kier molecular flexibility index (Phi) is 4.85. The number of methoxy groups -OCH3 is 1. The normalized spacial score (nSPS) is 16.7. The number of halogens is 1. The quantitative estimate of drug-likeness (QED) is 0.799. The largest absolute Gasteiger partial charge is 0.468 e. The van der Waals surface area contributed by atoms with Crippen molar-refractivity contribution in [3.63, 3.8) is 0 Å². The van der Waals surface area contributed by atoms with E-state index in [9.17, 15) is 14.0 Å². The van der Waals surface area contributed by atoms with Crippen molar-refractivity contribution < 1.29 is 18.7 Å². The standard InChI is InChI=1S/C18H16FNO3S/c1-23-17(21)11-20-14-8-7-13(19)10-15(14)24-16(18(20)22)9-12-5-3-2-4-6-12/h2-8,10,16H,9,11H2,1H3. The summed E-state index contributed by atoms with van der Waals surface area (Å²) in [4.78, 5) is 26.5. The lowest BCUT2D eigenvalue weighted by atomic mass is 10.1. The smallest absolute Gasteiger partial charge is 0.325 e. The molecule has 1 heterocycles. The Labute approximate surface area is 143 Å². The van der Waals surface area contributed by atoms with Crippen LogP contribution in [-0.2, 0) is 20.7 Å². The number of rotatable bonds is 4. The van der Waals surface area contributed by atoms with Crippen molar-refractivity contribution in [1.82, 2.24) is 0 Å². The molecule has 124 valence electrons. The molecule has 0 bridgehead atoms. The lowest BCUT2D eigenvalue weighted by molar-refractivity contribution is -0.140. The van der Waals surface area contributed by atoms with Gasteiger partial charge in [-0.15, -0.1) is 11.8 Å². The molecule has 0 aromatic heterocycles. The average molecular weight is 345 g/mol. The van der Waals surface area contributed by atoms with E-state index in [1.807, 2.05) is 30.3 Å². The number of ether oxygens (including phenoxy) is 1. The highest BCUT2D eigenvalue weighted by atomic mass is 32.2. The minimum Gasteiger partial charge on any atom is -0.468 e. The van der Waals surface area contributed by atoms with Crippen molar-refractivity contribution in [3.8, 4) is 0 Å². The van der Waals surface area contributed by atoms with Crippen LogP contribution in [-0.4, -0.2) is 30.8 Å². The monoisotopic (exact) mass is 345 g/mol. The van der Waals surface area contributed by atoms with Crippen LogP contribution in [0.2, 0.25) is 0 Å². The minimum absolute atomic E-state index is 0.173. The second-order valence-electron chi connectivity index (χ2n) is 5.41. The Morgan fingerprint density at radius 2 is 2.00 bits per heavy atom. The van der Waals surface area contributed by atoms with E-state index in [4.69, 9.17) is 0 Å². The van der Waals surface area contributed by atoms with Crippen LogP contribution in [0.15, 0.2) is 53.4 Å². The Morgan fingerprint density at radius 3 is 2.71 bits per heavy atom. The molecule has 1 atom stereocenters. The Hall–Kier alpha value is -2.34. The highest BCUT2D eigenvalue weighted by molar-refractivity contribution is 8.01. The van der Waals surface area contributed by atoms with Crippen LogP contribution in [0.25, 0.3) is 0 Å². The molecule has 3 rings (SSSR count). The van der Waals surface area contributed by atoms with Crippen molar-refractivity contribution in [2.75, 3.05) is 18.6 Å². The van der Waals surface area contributed by atoms with Crippen LogP contribution in [0.5, 0.6) is 0 Å². The zero-order chi connectivity index (χ0) is 17.1. The highest BCUT2D eigenvalue weighted by Gasteiger charge is 2.35. The van der Waals surface area contributed by atoms with Crippen molar-refractivity contribution in [3.05, 3.63) is 59.9 Å². The van der Waals surface area contributed by atoms with Crippen molar-refractivity contribution in [2.45, 2.75) is 16.6 Å². The molecule has 1 aliphatic heterocycles. The predicted octanol–water partition coefficient (Wildman–Crippen LogP) is 3.05. The van der Waals surface area contributed by atoms with Gasteiger partial charge >= 0.3 is 5.97 Å². The van der Waals surface area contributed by atoms with Crippen LogP contribution >= 0.6 is 11.8 Å². The molecule has 4 nitrogen and oxygen atoms in total. The Balaban J connectivity index is 1.93. The molecule has 6 heteroatoms. The van der Waals surface area contributed by atoms with Gasteiger partial charge in [0.05, 0.1) is 18.0 Å². The van der Waals surface area contributed by atoms with Gasteiger partial charge in [0.1, 0.15) is 12.4 Å². The second-order valence-corrected chi connectivity index (χ2v) is 6.65. The molecule has 0 spiro atoms. The van der Waals surface area contributed by atoms with E-state index in [-0.39, 0.29) is 18.3 Å². The Morgan fingerprint density at radius 1 is 1.25 bits per heavy atom. The van der Waals surface area contributed by atoms with Gasteiger partial charge in [-0.1, -0.05) is 30.3 Å². The highest BCUT2D eigenvalue weighted by Crippen LogP contribution is 2.40. The maximum atomic E-state index is 13.6. The number of benzene rings is 2. The third kappa shape index (κ3) is 3.43. The van der Waals surface area contributed by atoms with Gasteiger partial charge in [0.15, 0.2) is 0 Å². The molecule has 1 unspecified atom stereocenters. The van der Waals surface area contributed by atoms with Gasteiger partial charge in [-0.05, 0) is 30.2 Å². The number of amides is 1. The van der Waals surface area contributed by atoms with E-state index in [1.54, 1.807) is 0 Å². The number of thioether (sulfide) groups is 1. The van der Waals surface area contributed by atoms with Crippen LogP contribution in [0.4, 0.5) is 10.1 Å². The summed E-state index contributed by atoms with van der Waals surface area (Å²) >= 11 is 1.33. The van der Waals surface area contributed by atoms with Crippen molar-refractivity contribution >= 4 is 29.3 Å². The first kappa shape index (κ1) is 16.5.